The first-order valence-electron chi connectivity index (χ1n) is 11.1. The Morgan fingerprint density at radius 1 is 1.11 bits per heavy atom. The molecular weight excluding hydrogens is 626 g/mol. The van der Waals surface area contributed by atoms with Crippen molar-refractivity contribution >= 4 is 67.4 Å². The van der Waals surface area contributed by atoms with Crippen molar-refractivity contribution in [2.45, 2.75) is 13.5 Å². The van der Waals surface area contributed by atoms with Gasteiger partial charge in [0.05, 0.1) is 22.6 Å². The Hall–Kier alpha value is -3.90. The third-order valence-electron chi connectivity index (χ3n) is 5.42. The Morgan fingerprint density at radius 3 is 2.50 bits per heavy atom. The number of carbonyl (C=O) groups excluding carboxylic acids is 4. The highest BCUT2D eigenvalue weighted by Crippen LogP contribution is 2.35. The van der Waals surface area contributed by atoms with Crippen LogP contribution in [0.5, 0.6) is 5.75 Å². The molecule has 4 rings (SSSR count). The van der Waals surface area contributed by atoms with Gasteiger partial charge in [-0.2, -0.15) is 0 Å². The highest BCUT2D eigenvalue weighted by Gasteiger charge is 2.34. The van der Waals surface area contributed by atoms with E-state index >= 15 is 0 Å². The van der Waals surface area contributed by atoms with Crippen LogP contribution in [0.4, 0.5) is 10.5 Å². The van der Waals surface area contributed by atoms with Crippen LogP contribution in [-0.2, 0) is 20.9 Å². The van der Waals surface area contributed by atoms with Crippen LogP contribution in [0.15, 0.2) is 67.6 Å². The molecule has 2 aromatic carbocycles. The summed E-state index contributed by atoms with van der Waals surface area (Å²) in [6.45, 7) is 1.51. The number of nitrogens with zero attached hydrogens (tertiary/aromatic N) is 1. The maximum atomic E-state index is 12.9. The Balaban J connectivity index is 1.42. The number of nitrogens with one attached hydrogen (secondary N) is 2. The molecule has 0 aliphatic carbocycles. The summed E-state index contributed by atoms with van der Waals surface area (Å²) in [7, 11) is 1.22. The minimum Gasteiger partial charge on any atom is -0.481 e. The first-order chi connectivity index (χ1) is 18.2. The van der Waals surface area contributed by atoms with Gasteiger partial charge in [0.2, 0.25) is 5.76 Å². The SMILES string of the molecule is COC(=O)c1ccc(CN2C(=O)N/C(=C\c3cc(Br)c(OCC(=O)Nc4ccccc4C)c(Br)c3)C2=O)o1. The molecule has 1 aliphatic rings. The predicted octanol–water partition coefficient (Wildman–Crippen LogP) is 5.01. The van der Waals surface area contributed by atoms with Crippen LogP contribution in [0.3, 0.4) is 0 Å². The molecule has 1 saturated heterocycles. The molecular formula is C26H21Br2N3O7. The average molecular weight is 647 g/mol. The normalized spacial score (nSPS) is 14.0. The van der Waals surface area contributed by atoms with Crippen LogP contribution in [0.25, 0.3) is 6.08 Å². The minimum atomic E-state index is -0.662. The van der Waals surface area contributed by atoms with Crippen molar-refractivity contribution in [3.63, 3.8) is 0 Å². The standard InChI is InChI=1S/C26H21Br2N3O7/c1-14-5-3-4-6-19(14)29-22(32)13-37-23-17(27)9-15(10-18(23)28)11-20-24(33)31(26(35)30-20)12-16-7-8-21(38-16)25(34)36-2/h3-11H,12-13H2,1-2H3,(H,29,32)(H,30,35)/b20-11-. The van der Waals surface area contributed by atoms with Crippen LogP contribution in [0.2, 0.25) is 0 Å². The van der Waals surface area contributed by atoms with Gasteiger partial charge in [0, 0.05) is 5.69 Å². The van der Waals surface area contributed by atoms with Crippen molar-refractivity contribution in [3.8, 4) is 5.75 Å². The second kappa shape index (κ2) is 11.7. The molecule has 12 heteroatoms. The summed E-state index contributed by atoms with van der Waals surface area (Å²) in [6, 6.07) is 13.0. The molecule has 4 amide bonds. The van der Waals surface area contributed by atoms with Crippen LogP contribution < -0.4 is 15.4 Å². The zero-order valence-corrected chi connectivity index (χ0v) is 23.3. The van der Waals surface area contributed by atoms with Gasteiger partial charge in [-0.15, -0.1) is 0 Å². The number of furan rings is 1. The zero-order valence-electron chi connectivity index (χ0n) is 20.2. The molecule has 2 heterocycles. The molecule has 0 radical (unpaired) electrons. The average Bonchev–Trinajstić information content (AvgIpc) is 3.45. The number of ether oxygens (including phenoxy) is 2. The molecule has 10 nitrogen and oxygen atoms in total. The molecule has 3 aromatic rings. The Bertz CT molecular complexity index is 1440. The second-order valence-electron chi connectivity index (χ2n) is 8.10. The third-order valence-corrected chi connectivity index (χ3v) is 6.60. The molecule has 38 heavy (non-hydrogen) atoms. The van der Waals surface area contributed by atoms with Gasteiger partial charge in [-0.3, -0.25) is 14.5 Å². The number of esters is 1. The Labute approximate surface area is 234 Å². The number of aryl methyl sites for hydroxylation is 1. The number of methoxy groups -OCH3 is 1. The Morgan fingerprint density at radius 2 is 1.82 bits per heavy atom. The number of hydrogen-bond acceptors (Lipinski definition) is 7. The zero-order chi connectivity index (χ0) is 27.4. The summed E-state index contributed by atoms with van der Waals surface area (Å²) >= 11 is 6.86. The monoisotopic (exact) mass is 645 g/mol. The van der Waals surface area contributed by atoms with Crippen LogP contribution in [0, 0.1) is 6.92 Å². The summed E-state index contributed by atoms with van der Waals surface area (Å²) in [4.78, 5) is 50.2. The molecule has 1 fully saturated rings. The van der Waals surface area contributed by atoms with Crippen molar-refractivity contribution in [2.24, 2.45) is 0 Å². The fraction of sp³-hybridized carbons (Fsp3) is 0.154. The summed E-state index contributed by atoms with van der Waals surface area (Å²) < 4.78 is 16.7. The van der Waals surface area contributed by atoms with Gasteiger partial charge in [0.15, 0.2) is 6.61 Å². The van der Waals surface area contributed by atoms with E-state index in [9.17, 15) is 19.2 Å². The lowest BCUT2D eigenvalue weighted by Crippen LogP contribution is -2.30. The van der Waals surface area contributed by atoms with E-state index in [4.69, 9.17) is 9.15 Å². The lowest BCUT2D eigenvalue weighted by molar-refractivity contribution is -0.123. The van der Waals surface area contributed by atoms with E-state index in [-0.39, 0.29) is 36.3 Å². The van der Waals surface area contributed by atoms with Crippen molar-refractivity contribution in [3.05, 3.63) is 85.8 Å². The van der Waals surface area contributed by atoms with Gasteiger partial charge in [0.25, 0.3) is 11.8 Å². The van der Waals surface area contributed by atoms with E-state index in [0.717, 1.165) is 10.5 Å². The van der Waals surface area contributed by atoms with Crippen LogP contribution in [0.1, 0.15) is 27.4 Å². The molecule has 196 valence electrons. The first-order valence-corrected chi connectivity index (χ1v) is 12.7. The van der Waals surface area contributed by atoms with Crippen molar-refractivity contribution in [1.82, 2.24) is 10.2 Å². The number of urea groups is 1. The van der Waals surface area contributed by atoms with Gasteiger partial charge in [-0.25, -0.2) is 9.59 Å². The van der Waals surface area contributed by atoms with Gasteiger partial charge < -0.3 is 24.5 Å². The predicted molar refractivity (Wildman–Crippen MR) is 144 cm³/mol. The fourth-order valence-corrected chi connectivity index (χ4v) is 5.00. The number of amides is 4. The number of hydrogen-bond donors (Lipinski definition) is 2. The quantitative estimate of drug-likeness (QED) is 0.200. The number of carbonyl (C=O) groups is 4. The number of benzene rings is 2. The summed E-state index contributed by atoms with van der Waals surface area (Å²) in [5, 5.41) is 5.34. The number of halogens is 2. The van der Waals surface area contributed by atoms with E-state index in [0.29, 0.717) is 25.9 Å². The smallest absolute Gasteiger partial charge is 0.373 e. The molecule has 0 spiro atoms. The Kier molecular flexibility index (Phi) is 8.32. The maximum Gasteiger partial charge on any atom is 0.373 e. The van der Waals surface area contributed by atoms with Crippen molar-refractivity contribution in [1.29, 1.82) is 0 Å². The van der Waals surface area contributed by atoms with E-state index in [1.165, 1.54) is 25.3 Å². The van der Waals surface area contributed by atoms with Gasteiger partial charge in [0.1, 0.15) is 17.2 Å². The number of rotatable bonds is 8. The highest BCUT2D eigenvalue weighted by molar-refractivity contribution is 9.11. The van der Waals surface area contributed by atoms with Crippen LogP contribution >= 0.6 is 31.9 Å². The molecule has 2 N–H and O–H groups in total. The fourth-order valence-electron chi connectivity index (χ4n) is 3.55. The highest BCUT2D eigenvalue weighted by atomic mass is 79.9. The minimum absolute atomic E-state index is 0.0324. The van der Waals surface area contributed by atoms with E-state index in [1.807, 2.05) is 25.1 Å². The number of para-hydroxylation sites is 1. The topological polar surface area (TPSA) is 127 Å². The number of anilines is 1. The molecule has 1 aliphatic heterocycles. The largest absolute Gasteiger partial charge is 0.481 e. The molecule has 0 bridgehead atoms. The second-order valence-corrected chi connectivity index (χ2v) is 9.81. The first kappa shape index (κ1) is 27.1. The summed E-state index contributed by atoms with van der Waals surface area (Å²) in [5.41, 5.74) is 2.27. The van der Waals surface area contributed by atoms with E-state index < -0.39 is 17.9 Å². The van der Waals surface area contributed by atoms with Crippen molar-refractivity contribution in [2.75, 3.05) is 19.0 Å². The molecule has 1 aromatic heterocycles. The lowest BCUT2D eigenvalue weighted by atomic mass is 10.2. The maximum absolute atomic E-state index is 12.9. The van der Waals surface area contributed by atoms with E-state index in [1.54, 1.807) is 18.2 Å². The molecule has 0 saturated carbocycles. The lowest BCUT2D eigenvalue weighted by Gasteiger charge is -2.12. The third kappa shape index (κ3) is 6.14. The van der Waals surface area contributed by atoms with Crippen LogP contribution in [-0.4, -0.2) is 42.4 Å². The summed E-state index contributed by atoms with van der Waals surface area (Å²) in [5.74, 6) is -0.937. The van der Waals surface area contributed by atoms with Gasteiger partial charge in [-0.05, 0) is 86.3 Å². The summed E-state index contributed by atoms with van der Waals surface area (Å²) in [6.07, 6.45) is 1.51. The van der Waals surface area contributed by atoms with Gasteiger partial charge in [-0.1, -0.05) is 18.2 Å². The molecule has 0 unspecified atom stereocenters. The number of imide groups is 1. The van der Waals surface area contributed by atoms with Gasteiger partial charge >= 0.3 is 12.0 Å². The van der Waals surface area contributed by atoms with E-state index in [2.05, 4.69) is 47.2 Å². The van der Waals surface area contributed by atoms with Crippen molar-refractivity contribution < 1.29 is 33.1 Å². The molecule has 0 atom stereocenters.